The van der Waals surface area contributed by atoms with E-state index >= 15 is 0 Å². The molecule has 0 saturated carbocycles. The molecule has 250 valence electrons. The van der Waals surface area contributed by atoms with E-state index in [0.717, 1.165) is 44.6 Å². The molecule has 1 aromatic heterocycles. The molecular weight excluding hydrogens is 655 g/mol. The maximum Gasteiger partial charge on any atom is 0.136 e. The zero-order valence-electron chi connectivity index (χ0n) is 29.3. The first-order valence-electron chi connectivity index (χ1n) is 18.6. The molecule has 11 aromatic carbocycles. The Balaban J connectivity index is 1.16. The van der Waals surface area contributed by atoms with E-state index in [4.69, 9.17) is 4.42 Å². The Morgan fingerprint density at radius 2 is 0.833 bits per heavy atom. The maximum atomic E-state index is 6.25. The van der Waals surface area contributed by atoms with Crippen molar-refractivity contribution in [2.24, 2.45) is 0 Å². The van der Waals surface area contributed by atoms with E-state index in [1.807, 2.05) is 12.1 Å². The number of fused-ring (bicyclic) bond motifs is 5. The topological polar surface area (TPSA) is 16.4 Å². The van der Waals surface area contributed by atoms with Crippen LogP contribution in [0.15, 0.2) is 192 Å². The molecule has 0 fully saturated rings. The SMILES string of the molecule is c1ccc(N(c2ccc(-c3cccc4oc5ccccc5c34)cc2)c2cc3cccc4c5cccc6ccc7cccc(c8cccc2c8c34)c7c65)cc1. The van der Waals surface area contributed by atoms with Gasteiger partial charge in [0.1, 0.15) is 11.2 Å². The number of hydrogen-bond acceptors (Lipinski definition) is 2. The number of rotatable bonds is 4. The predicted octanol–water partition coefficient (Wildman–Crippen LogP) is 15.1. The van der Waals surface area contributed by atoms with Gasteiger partial charge in [-0.15, -0.1) is 0 Å². The number of hydrogen-bond donors (Lipinski definition) is 0. The summed E-state index contributed by atoms with van der Waals surface area (Å²) in [7, 11) is 0. The van der Waals surface area contributed by atoms with Gasteiger partial charge in [0.05, 0.1) is 5.69 Å². The van der Waals surface area contributed by atoms with Crippen LogP contribution in [-0.2, 0) is 0 Å². The third-order valence-corrected chi connectivity index (χ3v) is 11.5. The van der Waals surface area contributed by atoms with Gasteiger partial charge in [-0.05, 0) is 107 Å². The van der Waals surface area contributed by atoms with Crippen molar-refractivity contribution in [1.82, 2.24) is 0 Å². The van der Waals surface area contributed by atoms with Crippen LogP contribution in [0.1, 0.15) is 0 Å². The average Bonchev–Trinajstić information content (AvgIpc) is 3.62. The third-order valence-electron chi connectivity index (χ3n) is 11.5. The van der Waals surface area contributed by atoms with Crippen molar-refractivity contribution in [3.8, 4) is 11.1 Å². The van der Waals surface area contributed by atoms with Crippen LogP contribution in [0.25, 0.3) is 97.7 Å². The number of para-hydroxylation sites is 2. The summed E-state index contributed by atoms with van der Waals surface area (Å²) < 4.78 is 6.25. The highest BCUT2D eigenvalue weighted by Gasteiger charge is 2.21. The van der Waals surface area contributed by atoms with E-state index in [0.29, 0.717) is 0 Å². The third kappa shape index (κ3) is 4.11. The van der Waals surface area contributed by atoms with Crippen molar-refractivity contribution in [2.45, 2.75) is 0 Å². The Morgan fingerprint density at radius 1 is 0.315 bits per heavy atom. The molecule has 0 spiro atoms. The number of benzene rings is 10. The fourth-order valence-electron chi connectivity index (χ4n) is 9.28. The van der Waals surface area contributed by atoms with Gasteiger partial charge in [0.15, 0.2) is 0 Å². The second kappa shape index (κ2) is 11.2. The van der Waals surface area contributed by atoms with Gasteiger partial charge in [-0.2, -0.15) is 0 Å². The van der Waals surface area contributed by atoms with Crippen LogP contribution in [-0.4, -0.2) is 0 Å². The van der Waals surface area contributed by atoms with Gasteiger partial charge >= 0.3 is 0 Å². The summed E-state index contributed by atoms with van der Waals surface area (Å²) in [5, 5.41) is 17.6. The van der Waals surface area contributed by atoms with Gasteiger partial charge in [-0.1, -0.05) is 146 Å². The van der Waals surface area contributed by atoms with Gasteiger partial charge < -0.3 is 9.32 Å². The number of anilines is 3. The molecule has 2 heteroatoms. The predicted molar refractivity (Wildman–Crippen MR) is 230 cm³/mol. The van der Waals surface area contributed by atoms with E-state index in [2.05, 4.69) is 181 Å². The van der Waals surface area contributed by atoms with Gasteiger partial charge in [0, 0.05) is 32.9 Å². The molecule has 0 N–H and O–H groups in total. The maximum absolute atomic E-state index is 6.25. The Bertz CT molecular complexity index is 3430. The van der Waals surface area contributed by atoms with Crippen molar-refractivity contribution >= 4 is 104 Å². The minimum absolute atomic E-state index is 0.907. The highest BCUT2D eigenvalue weighted by Crippen LogP contribution is 2.48. The van der Waals surface area contributed by atoms with Crippen molar-refractivity contribution in [3.05, 3.63) is 188 Å². The van der Waals surface area contributed by atoms with Gasteiger partial charge in [-0.3, -0.25) is 0 Å². The molecule has 2 nitrogen and oxygen atoms in total. The van der Waals surface area contributed by atoms with Gasteiger partial charge in [0.25, 0.3) is 0 Å². The highest BCUT2D eigenvalue weighted by atomic mass is 16.3. The Kier molecular flexibility index (Phi) is 6.09. The Hall–Kier alpha value is -7.16. The molecule has 0 aliphatic heterocycles. The van der Waals surface area contributed by atoms with Crippen molar-refractivity contribution < 1.29 is 4.42 Å². The van der Waals surface area contributed by atoms with Gasteiger partial charge in [0.2, 0.25) is 0 Å². The van der Waals surface area contributed by atoms with E-state index in [1.54, 1.807) is 0 Å². The standard InChI is InChI=1S/C52H31NO/c1-2-14-36(15-3-1)53(37-29-27-32(28-30-37)38-17-10-24-47-51(38)44-16-4-5-23-46(44)54-47)45-31-35-13-8-20-40-39-18-6-11-33-25-26-34-12-7-19-41(49(34)48(33)39)42-21-9-22-43(45)52(42)50(35)40/h1-31H. The van der Waals surface area contributed by atoms with E-state index in [9.17, 15) is 0 Å². The fourth-order valence-corrected chi connectivity index (χ4v) is 9.28. The molecule has 0 amide bonds. The zero-order valence-corrected chi connectivity index (χ0v) is 29.3. The molecular formula is C52H31NO. The molecule has 0 saturated heterocycles. The van der Waals surface area contributed by atoms with Crippen molar-refractivity contribution in [1.29, 1.82) is 0 Å². The lowest BCUT2D eigenvalue weighted by Crippen LogP contribution is -2.10. The van der Waals surface area contributed by atoms with Crippen LogP contribution in [0.5, 0.6) is 0 Å². The van der Waals surface area contributed by atoms with Crippen LogP contribution in [0.3, 0.4) is 0 Å². The second-order valence-electron chi connectivity index (χ2n) is 14.4. The number of furan rings is 1. The molecule has 0 aliphatic carbocycles. The average molecular weight is 686 g/mol. The van der Waals surface area contributed by atoms with Crippen LogP contribution in [0.2, 0.25) is 0 Å². The Labute approximate surface area is 311 Å². The minimum atomic E-state index is 0.907. The normalized spacial score (nSPS) is 12.1. The fraction of sp³-hybridized carbons (Fsp3) is 0. The minimum Gasteiger partial charge on any atom is -0.456 e. The van der Waals surface area contributed by atoms with Crippen LogP contribution >= 0.6 is 0 Å². The molecule has 12 rings (SSSR count). The lowest BCUT2D eigenvalue weighted by Gasteiger charge is -2.28. The quantitative estimate of drug-likeness (QED) is 0.172. The van der Waals surface area contributed by atoms with E-state index < -0.39 is 0 Å². The summed E-state index contributed by atoms with van der Waals surface area (Å²) in [5.74, 6) is 0. The molecule has 0 unspecified atom stereocenters. The summed E-state index contributed by atoms with van der Waals surface area (Å²) in [6.45, 7) is 0. The van der Waals surface area contributed by atoms with Crippen molar-refractivity contribution in [3.63, 3.8) is 0 Å². The lowest BCUT2D eigenvalue weighted by atomic mass is 9.87. The second-order valence-corrected chi connectivity index (χ2v) is 14.4. The zero-order chi connectivity index (χ0) is 35.3. The first-order valence-corrected chi connectivity index (χ1v) is 18.6. The number of nitrogens with zero attached hydrogens (tertiary/aromatic N) is 1. The summed E-state index contributed by atoms with van der Waals surface area (Å²) in [6.07, 6.45) is 0. The molecule has 0 atom stereocenters. The smallest absolute Gasteiger partial charge is 0.136 e. The van der Waals surface area contributed by atoms with Crippen LogP contribution in [0.4, 0.5) is 17.1 Å². The monoisotopic (exact) mass is 685 g/mol. The highest BCUT2D eigenvalue weighted by molar-refractivity contribution is 6.38. The lowest BCUT2D eigenvalue weighted by molar-refractivity contribution is 0.669. The van der Waals surface area contributed by atoms with Gasteiger partial charge in [-0.25, -0.2) is 0 Å². The largest absolute Gasteiger partial charge is 0.456 e. The van der Waals surface area contributed by atoms with E-state index in [1.165, 1.54) is 70.2 Å². The van der Waals surface area contributed by atoms with E-state index in [-0.39, 0.29) is 0 Å². The molecule has 0 bridgehead atoms. The summed E-state index contributed by atoms with van der Waals surface area (Å²) in [6, 6.07) is 68.7. The Morgan fingerprint density at radius 3 is 1.56 bits per heavy atom. The van der Waals surface area contributed by atoms with Crippen LogP contribution in [0, 0.1) is 0 Å². The first kappa shape index (κ1) is 29.4. The molecule has 12 aromatic rings. The molecule has 1 heterocycles. The molecule has 54 heavy (non-hydrogen) atoms. The molecule has 0 aliphatic rings. The summed E-state index contributed by atoms with van der Waals surface area (Å²) in [4.78, 5) is 2.43. The van der Waals surface area contributed by atoms with Crippen molar-refractivity contribution in [2.75, 3.05) is 4.90 Å². The summed E-state index contributed by atoms with van der Waals surface area (Å²) in [5.41, 5.74) is 7.50. The first-order chi connectivity index (χ1) is 26.8. The molecule has 0 radical (unpaired) electrons. The van der Waals surface area contributed by atoms with Crippen LogP contribution < -0.4 is 4.90 Å². The summed E-state index contributed by atoms with van der Waals surface area (Å²) >= 11 is 0.